The highest BCUT2D eigenvalue weighted by atomic mass is 19.1. The average molecular weight is 368 g/mol. The van der Waals surface area contributed by atoms with Gasteiger partial charge in [0.05, 0.1) is 18.6 Å². The number of nitrogens with two attached hydrogens (primary N) is 1. The Labute approximate surface area is 156 Å². The maximum atomic E-state index is 12.7. The van der Waals surface area contributed by atoms with E-state index in [2.05, 4.69) is 10.1 Å². The van der Waals surface area contributed by atoms with Crippen LogP contribution in [0.25, 0.3) is 17.1 Å². The molecule has 3 aromatic rings. The van der Waals surface area contributed by atoms with Crippen molar-refractivity contribution in [2.75, 3.05) is 25.5 Å². The average Bonchev–Trinajstić information content (AvgIpc) is 3.06. The first kappa shape index (κ1) is 18.5. The second-order valence-corrected chi connectivity index (χ2v) is 6.23. The maximum Gasteiger partial charge on any atom is 0.351 e. The Kier molecular flexibility index (Phi) is 5.46. The molecule has 7 nitrogen and oxygen atoms in total. The quantitative estimate of drug-likeness (QED) is 0.719. The number of benzene rings is 1. The molecular weight excluding hydrogens is 347 g/mol. The molecule has 0 saturated heterocycles. The van der Waals surface area contributed by atoms with Crippen LogP contribution in [0, 0.1) is 0 Å². The minimum atomic E-state index is -0.407. The second-order valence-electron chi connectivity index (χ2n) is 6.23. The van der Waals surface area contributed by atoms with Gasteiger partial charge < -0.3 is 10.6 Å². The summed E-state index contributed by atoms with van der Waals surface area (Å²) in [6, 6.07) is 13.4. The molecule has 0 aliphatic carbocycles. The van der Waals surface area contributed by atoms with Crippen molar-refractivity contribution in [3.8, 4) is 17.1 Å². The largest absolute Gasteiger partial charge is 0.378 e. The molecule has 0 saturated carbocycles. The van der Waals surface area contributed by atoms with E-state index in [-0.39, 0.29) is 18.7 Å². The van der Waals surface area contributed by atoms with Crippen LogP contribution in [-0.2, 0) is 6.54 Å². The van der Waals surface area contributed by atoms with Gasteiger partial charge in [-0.1, -0.05) is 18.2 Å². The summed E-state index contributed by atoms with van der Waals surface area (Å²) >= 11 is 0. The molecule has 0 radical (unpaired) electrons. The van der Waals surface area contributed by atoms with Gasteiger partial charge in [-0.2, -0.15) is 5.10 Å². The summed E-state index contributed by atoms with van der Waals surface area (Å²) < 4.78 is 15.2. The van der Waals surface area contributed by atoms with E-state index < -0.39 is 5.69 Å². The number of pyridine rings is 1. The molecule has 0 atom stereocenters. The molecule has 0 aliphatic rings. The summed E-state index contributed by atoms with van der Waals surface area (Å²) in [7, 11) is 3.96. The van der Waals surface area contributed by atoms with Gasteiger partial charge in [0.1, 0.15) is 12.1 Å². The van der Waals surface area contributed by atoms with Crippen molar-refractivity contribution in [2.24, 2.45) is 5.73 Å². The van der Waals surface area contributed by atoms with Crippen molar-refractivity contribution in [1.29, 1.82) is 0 Å². The van der Waals surface area contributed by atoms with Crippen LogP contribution in [0.3, 0.4) is 0 Å². The zero-order chi connectivity index (χ0) is 19.4. The number of hydrogen-bond acceptors (Lipinski definition) is 5. The first-order valence-corrected chi connectivity index (χ1v) is 8.41. The van der Waals surface area contributed by atoms with Gasteiger partial charge in [-0.25, -0.2) is 23.4 Å². The molecule has 0 aliphatic heterocycles. The highest BCUT2D eigenvalue weighted by Gasteiger charge is 2.10. The third kappa shape index (κ3) is 3.95. The molecule has 0 spiro atoms. The predicted molar refractivity (Wildman–Crippen MR) is 104 cm³/mol. The lowest BCUT2D eigenvalue weighted by Gasteiger charge is -2.12. The van der Waals surface area contributed by atoms with Crippen LogP contribution in [-0.4, -0.2) is 40.0 Å². The SMILES string of the molecule is CN(C)c1ccc(-c2cccc(-n3cnn(C/C(=C/F)CN)c3=O)n2)cc1. The minimum Gasteiger partial charge on any atom is -0.378 e. The van der Waals surface area contributed by atoms with Crippen molar-refractivity contribution in [3.05, 3.63) is 71.2 Å². The minimum absolute atomic E-state index is 0.00449. The predicted octanol–water partition coefficient (Wildman–Crippen LogP) is 1.97. The fourth-order valence-corrected chi connectivity index (χ4v) is 2.59. The molecule has 1 aromatic carbocycles. The van der Waals surface area contributed by atoms with E-state index in [9.17, 15) is 9.18 Å². The van der Waals surface area contributed by atoms with E-state index in [1.165, 1.54) is 10.9 Å². The molecule has 2 aromatic heterocycles. The van der Waals surface area contributed by atoms with Crippen molar-refractivity contribution < 1.29 is 4.39 Å². The van der Waals surface area contributed by atoms with Gasteiger partial charge in [-0.15, -0.1) is 0 Å². The molecule has 0 fully saturated rings. The smallest absolute Gasteiger partial charge is 0.351 e. The van der Waals surface area contributed by atoms with Crippen molar-refractivity contribution in [3.63, 3.8) is 0 Å². The molecule has 2 N–H and O–H groups in total. The molecule has 27 heavy (non-hydrogen) atoms. The van der Waals surface area contributed by atoms with E-state index in [0.717, 1.165) is 21.6 Å². The van der Waals surface area contributed by atoms with Crippen LogP contribution < -0.4 is 16.3 Å². The summed E-state index contributed by atoms with van der Waals surface area (Å²) in [5.41, 5.74) is 8.08. The lowest BCUT2D eigenvalue weighted by Crippen LogP contribution is -2.26. The van der Waals surface area contributed by atoms with Crippen LogP contribution in [0.4, 0.5) is 10.1 Å². The molecule has 0 unspecified atom stereocenters. The van der Waals surface area contributed by atoms with Gasteiger partial charge in [0.25, 0.3) is 0 Å². The Morgan fingerprint density at radius 1 is 1.22 bits per heavy atom. The molecule has 140 valence electrons. The van der Waals surface area contributed by atoms with E-state index in [1.807, 2.05) is 55.4 Å². The highest BCUT2D eigenvalue weighted by Crippen LogP contribution is 2.21. The first-order valence-electron chi connectivity index (χ1n) is 8.41. The third-order valence-corrected chi connectivity index (χ3v) is 4.16. The lowest BCUT2D eigenvalue weighted by atomic mass is 10.1. The summed E-state index contributed by atoms with van der Waals surface area (Å²) in [6.07, 6.45) is 1.78. The van der Waals surface area contributed by atoms with Crippen molar-refractivity contribution in [2.45, 2.75) is 6.54 Å². The van der Waals surface area contributed by atoms with E-state index in [0.29, 0.717) is 12.1 Å². The Hall–Kier alpha value is -3.26. The lowest BCUT2D eigenvalue weighted by molar-refractivity contribution is 0.612. The summed E-state index contributed by atoms with van der Waals surface area (Å²) in [5.74, 6) is 0.443. The van der Waals surface area contributed by atoms with Gasteiger partial charge in [-0.3, -0.25) is 0 Å². The molecular formula is C19H21FN6O. The topological polar surface area (TPSA) is 82.0 Å². The zero-order valence-electron chi connectivity index (χ0n) is 15.2. The Bertz CT molecular complexity index is 1000. The van der Waals surface area contributed by atoms with Crippen LogP contribution in [0.5, 0.6) is 0 Å². The van der Waals surface area contributed by atoms with Gasteiger partial charge in [-0.05, 0) is 29.8 Å². The Morgan fingerprint density at radius 2 is 1.96 bits per heavy atom. The van der Waals surface area contributed by atoms with Gasteiger partial charge >= 0.3 is 5.69 Å². The molecule has 8 heteroatoms. The summed E-state index contributed by atoms with van der Waals surface area (Å²) in [5, 5.41) is 4.02. The maximum absolute atomic E-state index is 12.7. The van der Waals surface area contributed by atoms with Gasteiger partial charge in [0.15, 0.2) is 0 Å². The molecule has 2 heterocycles. The van der Waals surface area contributed by atoms with Crippen molar-refractivity contribution in [1.82, 2.24) is 19.3 Å². The second kappa shape index (κ2) is 7.96. The number of anilines is 1. The van der Waals surface area contributed by atoms with Crippen molar-refractivity contribution >= 4 is 5.69 Å². The van der Waals surface area contributed by atoms with Gasteiger partial charge in [0.2, 0.25) is 0 Å². The fraction of sp³-hybridized carbons (Fsp3) is 0.211. The normalized spacial score (nSPS) is 11.6. The van der Waals surface area contributed by atoms with E-state index >= 15 is 0 Å². The standard InChI is InChI=1S/C19H21FN6O/c1-24(2)16-8-6-15(7-9-16)17-4-3-5-18(23-17)25-13-22-26(19(25)27)12-14(10-20)11-21/h3-10,13H,11-12,21H2,1-2H3/b14-10+. The van der Waals surface area contributed by atoms with Crippen LogP contribution in [0.15, 0.2) is 65.5 Å². The molecule has 0 bridgehead atoms. The fourth-order valence-electron chi connectivity index (χ4n) is 2.59. The molecule has 0 amide bonds. The monoisotopic (exact) mass is 368 g/mol. The van der Waals surface area contributed by atoms with E-state index in [1.54, 1.807) is 6.07 Å². The van der Waals surface area contributed by atoms with E-state index in [4.69, 9.17) is 5.73 Å². The highest BCUT2D eigenvalue weighted by molar-refractivity contribution is 5.63. The number of aromatic nitrogens is 4. The molecule has 3 rings (SSSR count). The number of rotatable bonds is 6. The number of halogens is 1. The van der Waals surface area contributed by atoms with Crippen LogP contribution in [0.1, 0.15) is 0 Å². The van der Waals surface area contributed by atoms with Crippen LogP contribution in [0.2, 0.25) is 0 Å². The Balaban J connectivity index is 1.92. The number of nitrogens with zero attached hydrogens (tertiary/aromatic N) is 5. The zero-order valence-corrected chi connectivity index (χ0v) is 15.2. The van der Waals surface area contributed by atoms with Gasteiger partial charge in [0, 0.05) is 31.9 Å². The van der Waals surface area contributed by atoms with Crippen LogP contribution >= 0.6 is 0 Å². The Morgan fingerprint density at radius 3 is 2.59 bits per heavy atom. The summed E-state index contributed by atoms with van der Waals surface area (Å²) in [4.78, 5) is 19.1. The third-order valence-electron chi connectivity index (χ3n) is 4.16. The first-order chi connectivity index (χ1) is 13.0. The number of hydrogen-bond donors (Lipinski definition) is 1. The summed E-state index contributed by atoms with van der Waals surface area (Å²) in [6.45, 7) is 0.0248.